The number of β-amino-alcohol motifs (C(OH)–C–C–N with tert-alkyl or cyclic N) is 1. The van der Waals surface area contributed by atoms with Gasteiger partial charge in [-0.3, -0.25) is 4.90 Å². The van der Waals surface area contributed by atoms with E-state index in [9.17, 15) is 5.11 Å². The lowest BCUT2D eigenvalue weighted by Crippen LogP contribution is -2.35. The van der Waals surface area contributed by atoms with Gasteiger partial charge in [-0.05, 0) is 42.9 Å². The molecule has 1 saturated carbocycles. The van der Waals surface area contributed by atoms with Crippen molar-refractivity contribution < 1.29 is 5.11 Å². The molecule has 92 valence electrons. The first kappa shape index (κ1) is 11.7. The molecule has 0 amide bonds. The minimum atomic E-state index is -0.345. The third kappa shape index (κ3) is 2.42. The molecule has 17 heavy (non-hydrogen) atoms. The SMILES string of the molecule is OC(CN1CC2CCC1C2)c1ccc(Br)cc1. The fourth-order valence-electron chi connectivity index (χ4n) is 3.26. The fraction of sp³-hybridized carbons (Fsp3) is 0.571. The van der Waals surface area contributed by atoms with Crippen LogP contribution < -0.4 is 0 Å². The van der Waals surface area contributed by atoms with Crippen LogP contribution in [0.15, 0.2) is 28.7 Å². The molecule has 2 nitrogen and oxygen atoms in total. The van der Waals surface area contributed by atoms with Gasteiger partial charge in [0.25, 0.3) is 0 Å². The molecule has 3 atom stereocenters. The highest BCUT2D eigenvalue weighted by Gasteiger charge is 2.38. The van der Waals surface area contributed by atoms with E-state index >= 15 is 0 Å². The van der Waals surface area contributed by atoms with Crippen molar-refractivity contribution in [3.63, 3.8) is 0 Å². The number of aliphatic hydroxyl groups excluding tert-OH is 1. The van der Waals surface area contributed by atoms with Crippen LogP contribution in [0.1, 0.15) is 30.9 Å². The second-order valence-electron chi connectivity index (χ2n) is 5.35. The van der Waals surface area contributed by atoms with Gasteiger partial charge in [0, 0.05) is 23.6 Å². The van der Waals surface area contributed by atoms with Gasteiger partial charge in [0.1, 0.15) is 0 Å². The van der Waals surface area contributed by atoms with Gasteiger partial charge in [-0.2, -0.15) is 0 Å². The summed E-state index contributed by atoms with van der Waals surface area (Å²) >= 11 is 3.42. The zero-order chi connectivity index (χ0) is 11.8. The van der Waals surface area contributed by atoms with Gasteiger partial charge in [0.2, 0.25) is 0 Å². The van der Waals surface area contributed by atoms with E-state index in [1.807, 2.05) is 24.3 Å². The van der Waals surface area contributed by atoms with Gasteiger partial charge < -0.3 is 5.11 Å². The first-order chi connectivity index (χ1) is 8.22. The van der Waals surface area contributed by atoms with Crippen molar-refractivity contribution in [1.29, 1.82) is 0 Å². The number of likely N-dealkylation sites (tertiary alicyclic amines) is 1. The smallest absolute Gasteiger partial charge is 0.0917 e. The van der Waals surface area contributed by atoms with Gasteiger partial charge in [-0.25, -0.2) is 0 Å². The molecule has 3 unspecified atom stereocenters. The molecule has 1 aliphatic heterocycles. The Morgan fingerprint density at radius 3 is 2.65 bits per heavy atom. The Morgan fingerprint density at radius 2 is 2.06 bits per heavy atom. The zero-order valence-electron chi connectivity index (χ0n) is 9.85. The van der Waals surface area contributed by atoms with E-state index in [4.69, 9.17) is 0 Å². The van der Waals surface area contributed by atoms with Crippen molar-refractivity contribution in [2.75, 3.05) is 13.1 Å². The average Bonchev–Trinajstić information content (AvgIpc) is 2.91. The first-order valence-corrected chi connectivity index (χ1v) is 7.19. The predicted octanol–water partition coefficient (Wildman–Crippen LogP) is 2.97. The molecule has 2 aliphatic rings. The second-order valence-corrected chi connectivity index (χ2v) is 6.27. The predicted molar refractivity (Wildman–Crippen MR) is 71.8 cm³/mol. The van der Waals surface area contributed by atoms with Crippen molar-refractivity contribution in [2.45, 2.75) is 31.4 Å². The number of rotatable bonds is 3. The number of aliphatic hydroxyl groups is 1. The minimum Gasteiger partial charge on any atom is -0.387 e. The summed E-state index contributed by atoms with van der Waals surface area (Å²) in [6, 6.07) is 8.74. The molecule has 1 aromatic rings. The Labute approximate surface area is 111 Å². The van der Waals surface area contributed by atoms with E-state index in [1.54, 1.807) is 0 Å². The maximum absolute atomic E-state index is 10.2. The third-order valence-corrected chi connectivity index (χ3v) is 4.71. The summed E-state index contributed by atoms with van der Waals surface area (Å²) in [7, 11) is 0. The van der Waals surface area contributed by atoms with Gasteiger partial charge >= 0.3 is 0 Å². The molecular weight excluding hydrogens is 278 g/mol. The number of benzene rings is 1. The Morgan fingerprint density at radius 1 is 1.29 bits per heavy atom. The van der Waals surface area contributed by atoms with E-state index in [1.165, 1.54) is 25.8 Å². The highest BCUT2D eigenvalue weighted by molar-refractivity contribution is 9.10. The summed E-state index contributed by atoms with van der Waals surface area (Å²) in [5.41, 5.74) is 1.02. The molecule has 1 aromatic carbocycles. The van der Waals surface area contributed by atoms with Crippen LogP contribution >= 0.6 is 15.9 Å². The van der Waals surface area contributed by atoms with Crippen LogP contribution in [-0.4, -0.2) is 29.1 Å². The fourth-order valence-corrected chi connectivity index (χ4v) is 3.53. The van der Waals surface area contributed by atoms with E-state index in [0.29, 0.717) is 0 Å². The summed E-state index contributed by atoms with van der Waals surface area (Å²) in [4.78, 5) is 2.47. The largest absolute Gasteiger partial charge is 0.387 e. The highest BCUT2D eigenvalue weighted by Crippen LogP contribution is 2.38. The Balaban J connectivity index is 1.63. The van der Waals surface area contributed by atoms with E-state index in [-0.39, 0.29) is 6.10 Å². The summed E-state index contributed by atoms with van der Waals surface area (Å²) in [5, 5.41) is 10.2. The summed E-state index contributed by atoms with van der Waals surface area (Å²) in [6.45, 7) is 1.99. The third-order valence-electron chi connectivity index (χ3n) is 4.18. The number of hydrogen-bond acceptors (Lipinski definition) is 2. The molecule has 0 aromatic heterocycles. The molecule has 1 aliphatic carbocycles. The number of piperidine rings is 1. The molecule has 2 fully saturated rings. The van der Waals surface area contributed by atoms with Gasteiger partial charge in [-0.1, -0.05) is 28.1 Å². The van der Waals surface area contributed by atoms with Crippen LogP contribution in [0.3, 0.4) is 0 Å². The Bertz CT molecular complexity index is 392. The average molecular weight is 296 g/mol. The lowest BCUT2D eigenvalue weighted by Gasteiger charge is -2.28. The van der Waals surface area contributed by atoms with E-state index < -0.39 is 0 Å². The summed E-state index contributed by atoms with van der Waals surface area (Å²) < 4.78 is 1.06. The van der Waals surface area contributed by atoms with Crippen molar-refractivity contribution in [2.24, 2.45) is 5.92 Å². The molecule has 0 radical (unpaired) electrons. The highest BCUT2D eigenvalue weighted by atomic mass is 79.9. The maximum atomic E-state index is 10.2. The van der Waals surface area contributed by atoms with Gasteiger partial charge in [-0.15, -0.1) is 0 Å². The van der Waals surface area contributed by atoms with Crippen LogP contribution in [0, 0.1) is 5.92 Å². The van der Waals surface area contributed by atoms with Crippen molar-refractivity contribution >= 4 is 15.9 Å². The van der Waals surface area contributed by atoms with Crippen LogP contribution in [-0.2, 0) is 0 Å². The van der Waals surface area contributed by atoms with Gasteiger partial charge in [0.15, 0.2) is 0 Å². The van der Waals surface area contributed by atoms with E-state index in [0.717, 1.165) is 28.5 Å². The Hall–Kier alpha value is -0.380. The van der Waals surface area contributed by atoms with Gasteiger partial charge in [0.05, 0.1) is 6.10 Å². The van der Waals surface area contributed by atoms with Crippen LogP contribution in [0.25, 0.3) is 0 Å². The normalized spacial score (nSPS) is 29.8. The Kier molecular flexibility index (Phi) is 3.24. The lowest BCUT2D eigenvalue weighted by atomic mass is 10.1. The summed E-state index contributed by atoms with van der Waals surface area (Å²) in [5.74, 6) is 0.900. The second kappa shape index (κ2) is 4.71. The molecule has 0 spiro atoms. The molecule has 1 N–H and O–H groups in total. The molecular formula is C14H18BrNO. The van der Waals surface area contributed by atoms with Crippen molar-refractivity contribution in [3.8, 4) is 0 Å². The minimum absolute atomic E-state index is 0.345. The molecule has 3 rings (SSSR count). The number of fused-ring (bicyclic) bond motifs is 2. The van der Waals surface area contributed by atoms with Crippen molar-refractivity contribution in [3.05, 3.63) is 34.3 Å². The van der Waals surface area contributed by atoms with Crippen LogP contribution in [0.4, 0.5) is 0 Å². The van der Waals surface area contributed by atoms with Crippen LogP contribution in [0.5, 0.6) is 0 Å². The lowest BCUT2D eigenvalue weighted by molar-refractivity contribution is 0.0947. The first-order valence-electron chi connectivity index (χ1n) is 6.40. The monoisotopic (exact) mass is 295 g/mol. The molecule has 3 heteroatoms. The molecule has 2 bridgehead atoms. The maximum Gasteiger partial charge on any atom is 0.0917 e. The standard InChI is InChI=1S/C14H18BrNO/c15-12-4-2-11(3-5-12)14(17)9-16-8-10-1-6-13(16)7-10/h2-5,10,13-14,17H,1,6-9H2. The topological polar surface area (TPSA) is 23.5 Å². The van der Waals surface area contributed by atoms with Crippen LogP contribution in [0.2, 0.25) is 0 Å². The summed E-state index contributed by atoms with van der Waals surface area (Å²) in [6.07, 6.45) is 3.74. The number of halogens is 1. The molecule has 1 heterocycles. The number of nitrogens with zero attached hydrogens (tertiary/aromatic N) is 1. The van der Waals surface area contributed by atoms with Crippen molar-refractivity contribution in [1.82, 2.24) is 4.90 Å². The molecule has 1 saturated heterocycles. The number of hydrogen-bond donors (Lipinski definition) is 1. The quantitative estimate of drug-likeness (QED) is 0.927. The van der Waals surface area contributed by atoms with E-state index in [2.05, 4.69) is 20.8 Å². The zero-order valence-corrected chi connectivity index (χ0v) is 11.4.